The minimum Gasteiger partial charge on any atom is -0.343 e. The highest BCUT2D eigenvalue weighted by atomic mass is 16.5. The van der Waals surface area contributed by atoms with Crippen LogP contribution in [0.1, 0.15) is 48.2 Å². The summed E-state index contributed by atoms with van der Waals surface area (Å²) in [7, 11) is 0. The third kappa shape index (κ3) is 3.15. The SMILES string of the molecule is O=C(c1ncn(-c2ccccc2)n1)N1CCCCC[C@H]1c1ncon1. The predicted molar refractivity (Wildman–Crippen MR) is 87.9 cm³/mol. The largest absolute Gasteiger partial charge is 0.343 e. The van der Waals surface area contributed by atoms with E-state index in [1.54, 1.807) is 15.9 Å². The summed E-state index contributed by atoms with van der Waals surface area (Å²) in [5.74, 6) is 0.517. The lowest BCUT2D eigenvalue weighted by molar-refractivity contribution is 0.0658. The molecule has 0 bridgehead atoms. The van der Waals surface area contributed by atoms with Crippen LogP contribution in [-0.4, -0.2) is 42.3 Å². The van der Waals surface area contributed by atoms with Crippen LogP contribution in [0.25, 0.3) is 5.69 Å². The minimum atomic E-state index is -0.202. The molecule has 8 heteroatoms. The van der Waals surface area contributed by atoms with E-state index in [0.29, 0.717) is 12.4 Å². The van der Waals surface area contributed by atoms with Crippen molar-refractivity contribution in [3.63, 3.8) is 0 Å². The average molecular weight is 338 g/mol. The van der Waals surface area contributed by atoms with Crippen molar-refractivity contribution in [3.8, 4) is 5.69 Å². The van der Waals surface area contributed by atoms with E-state index in [1.807, 2.05) is 30.3 Å². The van der Waals surface area contributed by atoms with E-state index >= 15 is 0 Å². The summed E-state index contributed by atoms with van der Waals surface area (Å²) in [6.07, 6.45) is 6.71. The fraction of sp³-hybridized carbons (Fsp3) is 0.353. The Bertz CT molecular complexity index is 830. The van der Waals surface area contributed by atoms with E-state index in [1.165, 1.54) is 6.39 Å². The van der Waals surface area contributed by atoms with Crippen LogP contribution >= 0.6 is 0 Å². The third-order valence-corrected chi connectivity index (χ3v) is 4.39. The van der Waals surface area contributed by atoms with Gasteiger partial charge in [-0.3, -0.25) is 4.79 Å². The quantitative estimate of drug-likeness (QED) is 0.728. The van der Waals surface area contributed by atoms with Crippen molar-refractivity contribution in [2.45, 2.75) is 31.7 Å². The van der Waals surface area contributed by atoms with Gasteiger partial charge in [0.05, 0.1) is 11.7 Å². The maximum Gasteiger partial charge on any atom is 0.294 e. The van der Waals surface area contributed by atoms with Gasteiger partial charge in [-0.1, -0.05) is 36.2 Å². The number of para-hydroxylation sites is 1. The second-order valence-corrected chi connectivity index (χ2v) is 6.00. The molecule has 0 unspecified atom stereocenters. The van der Waals surface area contributed by atoms with Gasteiger partial charge in [-0.2, -0.15) is 4.98 Å². The lowest BCUT2D eigenvalue weighted by Gasteiger charge is -2.26. The number of aromatic nitrogens is 5. The van der Waals surface area contributed by atoms with Crippen LogP contribution in [0.3, 0.4) is 0 Å². The smallest absolute Gasteiger partial charge is 0.294 e. The first-order valence-corrected chi connectivity index (χ1v) is 8.37. The van der Waals surface area contributed by atoms with E-state index in [4.69, 9.17) is 4.52 Å². The highest BCUT2D eigenvalue weighted by Gasteiger charge is 2.32. The van der Waals surface area contributed by atoms with Gasteiger partial charge in [0.25, 0.3) is 5.91 Å². The van der Waals surface area contributed by atoms with Crippen LogP contribution in [0.15, 0.2) is 47.6 Å². The molecule has 0 aliphatic carbocycles. The van der Waals surface area contributed by atoms with Crippen molar-refractivity contribution in [1.29, 1.82) is 0 Å². The van der Waals surface area contributed by atoms with Gasteiger partial charge in [0.15, 0.2) is 5.82 Å². The summed E-state index contributed by atoms with van der Waals surface area (Å²) in [6.45, 7) is 0.637. The van der Waals surface area contributed by atoms with Gasteiger partial charge in [0.2, 0.25) is 12.2 Å². The van der Waals surface area contributed by atoms with Crippen molar-refractivity contribution >= 4 is 5.91 Å². The van der Waals surface area contributed by atoms with Gasteiger partial charge in [-0.25, -0.2) is 9.67 Å². The number of amides is 1. The summed E-state index contributed by atoms with van der Waals surface area (Å²) < 4.78 is 6.48. The van der Waals surface area contributed by atoms with E-state index in [0.717, 1.165) is 31.4 Å². The zero-order chi connectivity index (χ0) is 17.1. The van der Waals surface area contributed by atoms with Crippen molar-refractivity contribution in [1.82, 2.24) is 29.8 Å². The van der Waals surface area contributed by atoms with Crippen LogP contribution < -0.4 is 0 Å². The Morgan fingerprint density at radius 1 is 1.12 bits per heavy atom. The van der Waals surface area contributed by atoms with Gasteiger partial charge >= 0.3 is 0 Å². The Morgan fingerprint density at radius 2 is 2.00 bits per heavy atom. The predicted octanol–water partition coefficient (Wildman–Crippen LogP) is 2.41. The first-order valence-electron chi connectivity index (χ1n) is 8.37. The minimum absolute atomic E-state index is 0.180. The molecule has 1 aliphatic heterocycles. The molecule has 8 nitrogen and oxygen atoms in total. The molecule has 1 amide bonds. The Labute approximate surface area is 144 Å². The molecular weight excluding hydrogens is 320 g/mol. The normalized spacial score (nSPS) is 18.1. The van der Waals surface area contributed by atoms with Crippen LogP contribution in [0.5, 0.6) is 0 Å². The van der Waals surface area contributed by atoms with E-state index < -0.39 is 0 Å². The summed E-state index contributed by atoms with van der Waals surface area (Å²) >= 11 is 0. The first-order chi connectivity index (χ1) is 12.3. The summed E-state index contributed by atoms with van der Waals surface area (Å²) in [5, 5.41) is 8.29. The van der Waals surface area contributed by atoms with Gasteiger partial charge in [-0.05, 0) is 25.0 Å². The molecular formula is C17H18N6O2. The second kappa shape index (κ2) is 6.84. The monoisotopic (exact) mass is 338 g/mol. The topological polar surface area (TPSA) is 89.9 Å². The van der Waals surface area contributed by atoms with Crippen molar-refractivity contribution < 1.29 is 9.32 Å². The molecule has 3 aromatic rings. The lowest BCUT2D eigenvalue weighted by Crippen LogP contribution is -2.36. The van der Waals surface area contributed by atoms with Gasteiger partial charge in [0, 0.05) is 6.54 Å². The van der Waals surface area contributed by atoms with Crippen LogP contribution in [-0.2, 0) is 0 Å². The molecule has 0 radical (unpaired) electrons. The Kier molecular flexibility index (Phi) is 4.24. The average Bonchev–Trinajstić information content (AvgIpc) is 3.30. The number of benzene rings is 1. The number of carbonyl (C=O) groups excluding carboxylic acids is 1. The zero-order valence-electron chi connectivity index (χ0n) is 13.7. The molecule has 0 N–H and O–H groups in total. The number of carbonyl (C=O) groups is 1. The van der Waals surface area contributed by atoms with Crippen LogP contribution in [0, 0.1) is 0 Å². The molecule has 25 heavy (non-hydrogen) atoms. The highest BCUT2D eigenvalue weighted by Crippen LogP contribution is 2.29. The van der Waals surface area contributed by atoms with Gasteiger partial charge < -0.3 is 9.42 Å². The van der Waals surface area contributed by atoms with Crippen LogP contribution in [0.2, 0.25) is 0 Å². The van der Waals surface area contributed by atoms with Gasteiger partial charge in [0.1, 0.15) is 6.33 Å². The Morgan fingerprint density at radius 3 is 2.80 bits per heavy atom. The van der Waals surface area contributed by atoms with E-state index in [-0.39, 0.29) is 17.8 Å². The number of likely N-dealkylation sites (tertiary alicyclic amines) is 1. The Hall–Kier alpha value is -3.03. The fourth-order valence-electron chi connectivity index (χ4n) is 3.14. The van der Waals surface area contributed by atoms with Crippen LogP contribution in [0.4, 0.5) is 0 Å². The summed E-state index contributed by atoms with van der Waals surface area (Å²) in [4.78, 5) is 23.1. The fourth-order valence-corrected chi connectivity index (χ4v) is 3.14. The molecule has 1 aliphatic rings. The molecule has 2 aromatic heterocycles. The van der Waals surface area contributed by atoms with E-state index in [9.17, 15) is 4.79 Å². The molecule has 128 valence electrons. The van der Waals surface area contributed by atoms with Crippen molar-refractivity contribution in [3.05, 3.63) is 54.7 Å². The second-order valence-electron chi connectivity index (χ2n) is 6.00. The maximum atomic E-state index is 13.0. The third-order valence-electron chi connectivity index (χ3n) is 4.39. The molecule has 3 heterocycles. The summed E-state index contributed by atoms with van der Waals surface area (Å²) in [6, 6.07) is 9.39. The lowest BCUT2D eigenvalue weighted by atomic mass is 10.1. The number of hydrogen-bond donors (Lipinski definition) is 0. The van der Waals surface area contributed by atoms with Gasteiger partial charge in [-0.15, -0.1) is 5.10 Å². The molecule has 4 rings (SSSR count). The Balaban J connectivity index is 1.61. The molecule has 1 aromatic carbocycles. The standard InChI is InChI=1S/C17H18N6O2/c24-17(16-18-11-23(20-16)13-7-3-1-4-8-13)22-10-6-2-5-9-14(22)15-19-12-25-21-15/h1,3-4,7-8,11-12,14H,2,5-6,9-10H2/t14-/m0/s1. The number of nitrogens with zero attached hydrogens (tertiary/aromatic N) is 6. The number of hydrogen-bond acceptors (Lipinski definition) is 6. The zero-order valence-corrected chi connectivity index (χ0v) is 13.7. The van der Waals surface area contributed by atoms with Crippen molar-refractivity contribution in [2.75, 3.05) is 6.54 Å². The number of rotatable bonds is 3. The molecule has 1 saturated heterocycles. The molecule has 1 atom stereocenters. The first kappa shape index (κ1) is 15.5. The molecule has 1 fully saturated rings. The van der Waals surface area contributed by atoms with E-state index in [2.05, 4.69) is 20.2 Å². The molecule has 0 saturated carbocycles. The molecule has 0 spiro atoms. The highest BCUT2D eigenvalue weighted by molar-refractivity contribution is 5.90. The maximum absolute atomic E-state index is 13.0. The van der Waals surface area contributed by atoms with Crippen molar-refractivity contribution in [2.24, 2.45) is 0 Å². The summed E-state index contributed by atoms with van der Waals surface area (Å²) in [5.41, 5.74) is 0.861.